The van der Waals surface area contributed by atoms with Crippen molar-refractivity contribution in [1.29, 1.82) is 0 Å². The Kier molecular flexibility index (Phi) is 8.48. The first-order valence-corrected chi connectivity index (χ1v) is 16.1. The van der Waals surface area contributed by atoms with E-state index in [0.29, 0.717) is 48.3 Å². The van der Waals surface area contributed by atoms with Crippen LogP contribution in [0, 0.1) is 12.8 Å². The molecule has 0 unspecified atom stereocenters. The van der Waals surface area contributed by atoms with Crippen LogP contribution >= 0.6 is 11.6 Å². The van der Waals surface area contributed by atoms with E-state index in [-0.39, 0.29) is 23.7 Å². The number of para-hydroxylation sites is 2. The van der Waals surface area contributed by atoms with Gasteiger partial charge in [-0.3, -0.25) is 18.9 Å². The van der Waals surface area contributed by atoms with Crippen LogP contribution in [-0.4, -0.2) is 49.2 Å². The lowest BCUT2D eigenvalue weighted by atomic mass is 9.85. The maximum absolute atomic E-state index is 14.0. The molecule has 2 aromatic heterocycles. The summed E-state index contributed by atoms with van der Waals surface area (Å²) >= 11 is 6.07. The van der Waals surface area contributed by atoms with Gasteiger partial charge in [-0.25, -0.2) is 9.59 Å². The van der Waals surface area contributed by atoms with Gasteiger partial charge in [-0.2, -0.15) is 0 Å². The van der Waals surface area contributed by atoms with Crippen molar-refractivity contribution >= 4 is 34.6 Å². The summed E-state index contributed by atoms with van der Waals surface area (Å²) in [6.45, 7) is 9.10. The van der Waals surface area contributed by atoms with Crippen molar-refractivity contribution in [3.05, 3.63) is 92.6 Å². The minimum atomic E-state index is -0.541. The zero-order chi connectivity index (χ0) is 31.9. The Labute approximate surface area is 268 Å². The monoisotopic (exact) mass is 629 g/mol. The van der Waals surface area contributed by atoms with Crippen LogP contribution in [0.1, 0.15) is 73.6 Å². The van der Waals surface area contributed by atoms with Crippen LogP contribution in [0.4, 0.5) is 4.79 Å². The number of fused-ring (bicyclic) bond motifs is 2. The Bertz CT molecular complexity index is 1810. The molecule has 6 rings (SSSR count). The highest BCUT2D eigenvalue weighted by Gasteiger charge is 2.28. The van der Waals surface area contributed by atoms with E-state index in [4.69, 9.17) is 16.3 Å². The van der Waals surface area contributed by atoms with Crippen LogP contribution < -0.4 is 11.0 Å². The van der Waals surface area contributed by atoms with Gasteiger partial charge < -0.3 is 15.0 Å². The third-order valence-corrected chi connectivity index (χ3v) is 9.08. The first-order valence-electron chi connectivity index (χ1n) is 15.7. The molecular formula is C35H40ClN5O4. The molecule has 1 aliphatic heterocycles. The molecule has 45 heavy (non-hydrogen) atoms. The second-order valence-electron chi connectivity index (χ2n) is 13.3. The lowest BCUT2D eigenvalue weighted by Gasteiger charge is -2.31. The lowest BCUT2D eigenvalue weighted by Crippen LogP contribution is -2.40. The number of pyridine rings is 1. The number of ether oxygens (including phenoxy) is 1. The average molecular weight is 630 g/mol. The smallest absolute Gasteiger partial charge is 0.410 e. The van der Waals surface area contributed by atoms with E-state index in [1.165, 1.54) is 0 Å². The molecule has 0 radical (unpaired) electrons. The van der Waals surface area contributed by atoms with Crippen LogP contribution in [0.2, 0.25) is 5.02 Å². The van der Waals surface area contributed by atoms with Gasteiger partial charge in [-0.15, -0.1) is 0 Å². The number of hydrogen-bond donors (Lipinski definition) is 1. The summed E-state index contributed by atoms with van der Waals surface area (Å²) in [6, 6.07) is 15.8. The number of aromatic nitrogens is 3. The van der Waals surface area contributed by atoms with Gasteiger partial charge in [0.2, 0.25) is 0 Å². The van der Waals surface area contributed by atoms with Crippen LogP contribution in [0.15, 0.2) is 59.5 Å². The van der Waals surface area contributed by atoms with Gasteiger partial charge in [0, 0.05) is 31.9 Å². The van der Waals surface area contributed by atoms with Crippen molar-refractivity contribution in [2.75, 3.05) is 6.54 Å². The summed E-state index contributed by atoms with van der Waals surface area (Å²) < 4.78 is 9.29. The molecule has 1 aliphatic carbocycles. The average Bonchev–Trinajstić information content (AvgIpc) is 3.28. The van der Waals surface area contributed by atoms with Crippen molar-refractivity contribution in [3.8, 4) is 5.69 Å². The minimum Gasteiger partial charge on any atom is -0.444 e. The third kappa shape index (κ3) is 6.64. The number of rotatable bonds is 5. The predicted octanol–water partition coefficient (Wildman–Crippen LogP) is 6.43. The second kappa shape index (κ2) is 12.4. The van der Waals surface area contributed by atoms with Crippen LogP contribution in [0.25, 0.3) is 16.7 Å². The molecule has 4 aromatic rings. The molecule has 1 N–H and O–H groups in total. The normalized spacial score (nSPS) is 18.5. The van der Waals surface area contributed by atoms with Gasteiger partial charge in [0.15, 0.2) is 0 Å². The van der Waals surface area contributed by atoms with Crippen LogP contribution in [0.3, 0.4) is 0 Å². The Morgan fingerprint density at radius 2 is 1.76 bits per heavy atom. The molecule has 0 atom stereocenters. The summed E-state index contributed by atoms with van der Waals surface area (Å²) in [5.41, 5.74) is 5.39. The minimum absolute atomic E-state index is 0.0540. The van der Waals surface area contributed by atoms with E-state index in [9.17, 15) is 14.4 Å². The highest BCUT2D eigenvalue weighted by atomic mass is 35.5. The van der Waals surface area contributed by atoms with E-state index in [1.807, 2.05) is 66.3 Å². The summed E-state index contributed by atoms with van der Waals surface area (Å²) in [4.78, 5) is 45.5. The summed E-state index contributed by atoms with van der Waals surface area (Å²) in [6.07, 6.45) is 5.46. The largest absolute Gasteiger partial charge is 0.444 e. The van der Waals surface area contributed by atoms with Crippen LogP contribution in [0.5, 0.6) is 0 Å². The summed E-state index contributed by atoms with van der Waals surface area (Å²) in [5, 5.41) is 3.60. The molecule has 1 saturated carbocycles. The molecule has 0 bridgehead atoms. The first kappa shape index (κ1) is 30.9. The number of amides is 2. The number of carbonyl (C=O) groups excluding carboxylic acids is 2. The fourth-order valence-electron chi connectivity index (χ4n) is 6.54. The summed E-state index contributed by atoms with van der Waals surface area (Å²) in [7, 11) is 0. The van der Waals surface area contributed by atoms with Crippen molar-refractivity contribution < 1.29 is 14.3 Å². The fraction of sp³-hybridized carbons (Fsp3) is 0.429. The van der Waals surface area contributed by atoms with Gasteiger partial charge in [-0.05, 0) is 107 Å². The number of carbonyl (C=O) groups is 2. The molecule has 236 valence electrons. The van der Waals surface area contributed by atoms with Gasteiger partial charge >= 0.3 is 11.8 Å². The molecule has 2 amide bonds. The highest BCUT2D eigenvalue weighted by Crippen LogP contribution is 2.29. The van der Waals surface area contributed by atoms with Gasteiger partial charge in [0.05, 0.1) is 33.0 Å². The van der Waals surface area contributed by atoms with Gasteiger partial charge in [-0.1, -0.05) is 29.8 Å². The Balaban J connectivity index is 1.16. The van der Waals surface area contributed by atoms with E-state index in [2.05, 4.69) is 16.4 Å². The molecule has 2 aromatic carbocycles. The topological polar surface area (TPSA) is 98.5 Å². The van der Waals surface area contributed by atoms with Crippen molar-refractivity contribution in [2.45, 2.75) is 84.5 Å². The number of aryl methyl sites for hydroxylation is 1. The Hall–Kier alpha value is -4.11. The zero-order valence-electron chi connectivity index (χ0n) is 26.3. The SMILES string of the molecule is Cc1ncc(Cl)cc1C(=O)NC1CCC(Cn2c(=O)n(-c3ccc4c(c3)CCN(C(=O)OC(C)(C)C)C4)c3ccccc32)CC1. The van der Waals surface area contributed by atoms with E-state index >= 15 is 0 Å². The van der Waals surface area contributed by atoms with Crippen molar-refractivity contribution in [2.24, 2.45) is 5.92 Å². The quantitative estimate of drug-likeness (QED) is 0.274. The number of halogens is 1. The Morgan fingerprint density at radius 1 is 1.02 bits per heavy atom. The second-order valence-corrected chi connectivity index (χ2v) is 13.7. The van der Waals surface area contributed by atoms with E-state index < -0.39 is 5.60 Å². The maximum atomic E-state index is 14.0. The fourth-order valence-corrected chi connectivity index (χ4v) is 6.70. The van der Waals surface area contributed by atoms with E-state index in [0.717, 1.165) is 53.5 Å². The molecule has 1 fully saturated rings. The molecule has 9 nitrogen and oxygen atoms in total. The molecule has 0 spiro atoms. The highest BCUT2D eigenvalue weighted by molar-refractivity contribution is 6.30. The number of nitrogens with zero attached hydrogens (tertiary/aromatic N) is 4. The van der Waals surface area contributed by atoms with Crippen molar-refractivity contribution in [3.63, 3.8) is 0 Å². The zero-order valence-corrected chi connectivity index (χ0v) is 27.1. The molecular weight excluding hydrogens is 590 g/mol. The summed E-state index contributed by atoms with van der Waals surface area (Å²) in [5.74, 6) is 0.180. The Morgan fingerprint density at radius 3 is 2.49 bits per heavy atom. The predicted molar refractivity (Wildman–Crippen MR) is 175 cm³/mol. The van der Waals surface area contributed by atoms with Crippen LogP contribution in [-0.2, 0) is 24.2 Å². The number of nitrogens with one attached hydrogen (secondary N) is 1. The number of imidazole rings is 1. The third-order valence-electron chi connectivity index (χ3n) is 8.87. The first-order chi connectivity index (χ1) is 21.5. The van der Waals surface area contributed by atoms with Crippen molar-refractivity contribution in [1.82, 2.24) is 24.3 Å². The lowest BCUT2D eigenvalue weighted by molar-refractivity contribution is 0.0224. The molecule has 3 heterocycles. The van der Waals surface area contributed by atoms with E-state index in [1.54, 1.807) is 24.1 Å². The standard InChI is InChI=1S/C35H40ClN5O4/c1-22-29(18-26(36)19-37-22)32(42)38-27-12-9-23(10-13-27)20-40-30-7-5-6-8-31(30)41(33(40)43)28-14-11-25-21-39(16-15-24(25)17-28)34(44)45-35(2,3)4/h5-8,11,14,17-19,23,27H,9-10,12-13,15-16,20-21H2,1-4H3,(H,38,42). The molecule has 2 aliphatic rings. The van der Waals surface area contributed by atoms with Gasteiger partial charge in [0.25, 0.3) is 5.91 Å². The van der Waals surface area contributed by atoms with Gasteiger partial charge in [0.1, 0.15) is 5.60 Å². The molecule has 10 heteroatoms. The number of hydrogen-bond acceptors (Lipinski definition) is 5. The number of benzene rings is 2. The maximum Gasteiger partial charge on any atom is 0.410 e. The molecule has 0 saturated heterocycles.